The molecule has 0 saturated carbocycles. The summed E-state index contributed by atoms with van der Waals surface area (Å²) in [6.07, 6.45) is 48.2. The van der Waals surface area contributed by atoms with Crippen LogP contribution in [0, 0.1) is 0 Å². The van der Waals surface area contributed by atoms with Crippen LogP contribution in [-0.4, -0.2) is 9.55 Å². The third-order valence-corrected chi connectivity index (χ3v) is 9.83. The summed E-state index contributed by atoms with van der Waals surface area (Å²) in [6, 6.07) is 0.589. The van der Waals surface area contributed by atoms with Gasteiger partial charge in [0.25, 0.3) is 0 Å². The molecule has 0 saturated heterocycles. The predicted molar refractivity (Wildman–Crippen MR) is 190 cm³/mol. The van der Waals surface area contributed by atoms with Crippen LogP contribution in [0.5, 0.6) is 0 Å². The Labute approximate surface area is 266 Å². The molecule has 0 amide bonds. The van der Waals surface area contributed by atoms with Crippen LogP contribution in [0.2, 0.25) is 0 Å². The van der Waals surface area contributed by atoms with Gasteiger partial charge in [0.1, 0.15) is 5.82 Å². The van der Waals surface area contributed by atoms with Gasteiger partial charge in [-0.2, -0.15) is 0 Å². The van der Waals surface area contributed by atoms with Gasteiger partial charge in [-0.1, -0.05) is 201 Å². The van der Waals surface area contributed by atoms with E-state index in [4.69, 9.17) is 4.98 Å². The summed E-state index contributed by atoms with van der Waals surface area (Å²) < 4.78 is 2.57. The highest BCUT2D eigenvalue weighted by molar-refractivity contribution is 5.02. The molecule has 0 spiro atoms. The van der Waals surface area contributed by atoms with Crippen LogP contribution in [0.3, 0.4) is 0 Å². The van der Waals surface area contributed by atoms with E-state index < -0.39 is 0 Å². The molecule has 1 aromatic rings. The van der Waals surface area contributed by atoms with Gasteiger partial charge in [-0.05, 0) is 26.2 Å². The molecule has 2 nitrogen and oxygen atoms in total. The van der Waals surface area contributed by atoms with Crippen molar-refractivity contribution in [1.29, 1.82) is 0 Å². The molecule has 1 heterocycles. The Hall–Kier alpha value is -0.790. The van der Waals surface area contributed by atoms with Crippen molar-refractivity contribution in [1.82, 2.24) is 9.55 Å². The molecular formula is C40H78N2. The third kappa shape index (κ3) is 21.8. The Morgan fingerprint density at radius 3 is 1.12 bits per heavy atom. The lowest BCUT2D eigenvalue weighted by Crippen LogP contribution is -2.13. The quantitative estimate of drug-likeness (QED) is 0.0749. The molecule has 0 N–H and O–H groups in total. The van der Waals surface area contributed by atoms with Gasteiger partial charge in [0, 0.05) is 24.4 Å². The lowest BCUT2D eigenvalue weighted by Gasteiger charge is -2.22. The molecule has 0 aliphatic heterocycles. The fourth-order valence-corrected chi connectivity index (χ4v) is 6.89. The molecule has 0 fully saturated rings. The molecule has 248 valence electrons. The highest BCUT2D eigenvalue weighted by Gasteiger charge is 2.19. The standard InChI is InChI=1S/C40H78N2/c1-5-8-11-14-16-18-19-20-21-22-24-26-29-32-35-39(34-31-27-13-10-7-3)40-41-36-37-42(40)38(4)33-30-28-25-23-17-15-12-9-6-2/h36-39H,5-35H2,1-4H3. The molecular weight excluding hydrogens is 508 g/mol. The van der Waals surface area contributed by atoms with E-state index in [1.165, 1.54) is 205 Å². The zero-order valence-electron chi connectivity index (χ0n) is 29.6. The van der Waals surface area contributed by atoms with Gasteiger partial charge < -0.3 is 4.57 Å². The van der Waals surface area contributed by atoms with E-state index in [-0.39, 0.29) is 0 Å². The van der Waals surface area contributed by atoms with Crippen molar-refractivity contribution in [2.45, 2.75) is 239 Å². The maximum absolute atomic E-state index is 4.99. The Balaban J connectivity index is 2.33. The molecule has 1 rings (SSSR count). The number of nitrogens with zero attached hydrogens (tertiary/aromatic N) is 2. The lowest BCUT2D eigenvalue weighted by molar-refractivity contribution is 0.412. The number of hydrogen-bond donors (Lipinski definition) is 0. The molecule has 0 radical (unpaired) electrons. The summed E-state index contributed by atoms with van der Waals surface area (Å²) in [6.45, 7) is 9.39. The molecule has 1 aromatic heterocycles. The van der Waals surface area contributed by atoms with Crippen molar-refractivity contribution in [2.75, 3.05) is 0 Å². The molecule has 2 atom stereocenters. The van der Waals surface area contributed by atoms with Crippen LogP contribution in [0.25, 0.3) is 0 Å². The van der Waals surface area contributed by atoms with Crippen molar-refractivity contribution < 1.29 is 0 Å². The normalized spacial score (nSPS) is 13.1. The van der Waals surface area contributed by atoms with Gasteiger partial charge in [-0.15, -0.1) is 0 Å². The topological polar surface area (TPSA) is 17.8 Å². The van der Waals surface area contributed by atoms with E-state index in [0.29, 0.717) is 12.0 Å². The fraction of sp³-hybridized carbons (Fsp3) is 0.925. The van der Waals surface area contributed by atoms with Crippen molar-refractivity contribution in [2.24, 2.45) is 0 Å². The van der Waals surface area contributed by atoms with Crippen molar-refractivity contribution in [3.63, 3.8) is 0 Å². The molecule has 2 heteroatoms. The van der Waals surface area contributed by atoms with Crippen molar-refractivity contribution in [3.05, 3.63) is 18.2 Å². The summed E-state index contributed by atoms with van der Waals surface area (Å²) in [5, 5.41) is 0. The number of rotatable bonds is 33. The summed E-state index contributed by atoms with van der Waals surface area (Å²) in [7, 11) is 0. The number of imidazole rings is 1. The Morgan fingerprint density at radius 2 is 0.762 bits per heavy atom. The molecule has 0 aliphatic carbocycles. The van der Waals surface area contributed by atoms with E-state index in [1.807, 2.05) is 0 Å². The number of unbranched alkanes of at least 4 members (excludes halogenated alkanes) is 25. The zero-order chi connectivity index (χ0) is 30.4. The van der Waals surface area contributed by atoms with Crippen LogP contribution >= 0.6 is 0 Å². The van der Waals surface area contributed by atoms with Crippen LogP contribution in [-0.2, 0) is 0 Å². The summed E-state index contributed by atoms with van der Waals surface area (Å²) in [5.74, 6) is 2.06. The van der Waals surface area contributed by atoms with Crippen LogP contribution in [0.4, 0.5) is 0 Å². The van der Waals surface area contributed by atoms with Crippen LogP contribution in [0.15, 0.2) is 12.4 Å². The van der Waals surface area contributed by atoms with Crippen molar-refractivity contribution >= 4 is 0 Å². The second kappa shape index (κ2) is 30.2. The molecule has 0 aliphatic rings. The maximum Gasteiger partial charge on any atom is 0.111 e. The van der Waals surface area contributed by atoms with Gasteiger partial charge >= 0.3 is 0 Å². The monoisotopic (exact) mass is 587 g/mol. The van der Waals surface area contributed by atoms with Gasteiger partial charge in [0.05, 0.1) is 0 Å². The summed E-state index contributed by atoms with van der Waals surface area (Å²) >= 11 is 0. The van der Waals surface area contributed by atoms with Gasteiger partial charge in [-0.3, -0.25) is 0 Å². The first-order valence-corrected chi connectivity index (χ1v) is 19.8. The second-order valence-corrected chi connectivity index (χ2v) is 13.9. The summed E-state index contributed by atoms with van der Waals surface area (Å²) in [5.41, 5.74) is 0. The Morgan fingerprint density at radius 1 is 0.452 bits per heavy atom. The van der Waals surface area contributed by atoms with Crippen LogP contribution in [0.1, 0.15) is 245 Å². The van der Waals surface area contributed by atoms with Gasteiger partial charge in [0.15, 0.2) is 0 Å². The second-order valence-electron chi connectivity index (χ2n) is 13.9. The van der Waals surface area contributed by atoms with Crippen molar-refractivity contribution in [3.8, 4) is 0 Å². The van der Waals surface area contributed by atoms with Gasteiger partial charge in [-0.25, -0.2) is 4.98 Å². The minimum absolute atomic E-state index is 0.589. The average Bonchev–Trinajstić information content (AvgIpc) is 3.49. The molecule has 0 aromatic carbocycles. The minimum atomic E-state index is 0.589. The first-order valence-electron chi connectivity index (χ1n) is 19.8. The SMILES string of the molecule is CCCCCCCCCCCCCCCCC(CCCCCCC)c1nccn1C(C)CCCCCCCCCCC. The van der Waals surface area contributed by atoms with Crippen LogP contribution < -0.4 is 0 Å². The molecule has 0 bridgehead atoms. The Bertz CT molecular complexity index is 650. The maximum atomic E-state index is 4.99. The zero-order valence-corrected chi connectivity index (χ0v) is 29.6. The van der Waals surface area contributed by atoms with E-state index >= 15 is 0 Å². The van der Waals surface area contributed by atoms with E-state index in [0.717, 1.165) is 0 Å². The molecule has 42 heavy (non-hydrogen) atoms. The largest absolute Gasteiger partial charge is 0.332 e. The first kappa shape index (κ1) is 39.2. The smallest absolute Gasteiger partial charge is 0.111 e. The van der Waals surface area contributed by atoms with E-state index in [2.05, 4.69) is 44.7 Å². The minimum Gasteiger partial charge on any atom is -0.332 e. The number of aromatic nitrogens is 2. The van der Waals surface area contributed by atoms with Gasteiger partial charge in [0.2, 0.25) is 0 Å². The third-order valence-electron chi connectivity index (χ3n) is 9.83. The average molecular weight is 587 g/mol. The van der Waals surface area contributed by atoms with E-state index in [9.17, 15) is 0 Å². The Kier molecular flexibility index (Phi) is 28.3. The first-order chi connectivity index (χ1) is 20.7. The molecule has 2 unspecified atom stereocenters. The highest BCUT2D eigenvalue weighted by Crippen LogP contribution is 2.31. The fourth-order valence-electron chi connectivity index (χ4n) is 6.89. The van der Waals surface area contributed by atoms with E-state index in [1.54, 1.807) is 0 Å². The highest BCUT2D eigenvalue weighted by atomic mass is 15.1. The number of hydrogen-bond acceptors (Lipinski definition) is 1. The summed E-state index contributed by atoms with van der Waals surface area (Å²) in [4.78, 5) is 4.99. The predicted octanol–water partition coefficient (Wildman–Crippen LogP) is 14.7. The lowest BCUT2D eigenvalue weighted by atomic mass is 9.93.